The molecule has 0 N–H and O–H groups in total. The van der Waals surface area contributed by atoms with Crippen LogP contribution in [0.5, 0.6) is 0 Å². The van der Waals surface area contributed by atoms with E-state index >= 15 is 0 Å². The zero-order chi connectivity index (χ0) is 23.0. The van der Waals surface area contributed by atoms with E-state index in [0.29, 0.717) is 22.5 Å². The summed E-state index contributed by atoms with van der Waals surface area (Å²) in [6.07, 6.45) is 3.36. The summed E-state index contributed by atoms with van der Waals surface area (Å²) >= 11 is 7.29. The highest BCUT2D eigenvalue weighted by Gasteiger charge is 2.48. The van der Waals surface area contributed by atoms with E-state index in [0.717, 1.165) is 37.2 Å². The zero-order valence-electron chi connectivity index (χ0n) is 19.3. The van der Waals surface area contributed by atoms with Crippen molar-refractivity contribution in [1.29, 1.82) is 0 Å². The third kappa shape index (κ3) is 4.51. The third-order valence-electron chi connectivity index (χ3n) is 7.92. The minimum Gasteiger partial charge on any atom is -0.299 e. The average Bonchev–Trinajstić information content (AvgIpc) is 2.82. The van der Waals surface area contributed by atoms with E-state index in [1.807, 2.05) is 0 Å². The van der Waals surface area contributed by atoms with Gasteiger partial charge in [0.1, 0.15) is 0 Å². The normalized spacial score (nSPS) is 24.3. The van der Waals surface area contributed by atoms with Gasteiger partial charge in [-0.1, -0.05) is 61.8 Å². The molecule has 0 aromatic heterocycles. The van der Waals surface area contributed by atoms with Crippen LogP contribution in [0.25, 0.3) is 0 Å². The molecule has 170 valence electrons. The molecular weight excluding hydrogens is 446 g/mol. The van der Waals surface area contributed by atoms with Crippen molar-refractivity contribution >= 4 is 28.5 Å². The van der Waals surface area contributed by atoms with E-state index in [9.17, 15) is 4.79 Å². The smallest absolute Gasteiger partial charge is 0.224 e. The first-order valence-corrected chi connectivity index (χ1v) is 13.0. The van der Waals surface area contributed by atoms with Gasteiger partial charge in [0, 0.05) is 28.1 Å². The molecule has 1 aliphatic carbocycles. The minimum atomic E-state index is 0.0641. The van der Waals surface area contributed by atoms with Crippen LogP contribution >= 0.6 is 23.4 Å². The van der Waals surface area contributed by atoms with Crippen molar-refractivity contribution in [3.63, 3.8) is 0 Å². The van der Waals surface area contributed by atoms with Crippen LogP contribution in [0.3, 0.4) is 0 Å². The molecule has 2 bridgehead atoms. The molecule has 3 aromatic carbocycles. The highest BCUT2D eigenvalue weighted by atomic mass is 35.5. The molecule has 2 nitrogen and oxygen atoms in total. The number of thioether (sulfide) groups is 1. The van der Waals surface area contributed by atoms with Crippen LogP contribution in [0.4, 0.5) is 0 Å². The second-order valence-corrected chi connectivity index (χ2v) is 11.2. The fraction of sp³-hybridized carbons (Fsp3) is 0.345. The van der Waals surface area contributed by atoms with Crippen LogP contribution in [0.15, 0.2) is 77.7 Å². The van der Waals surface area contributed by atoms with Crippen molar-refractivity contribution in [3.05, 3.63) is 100 Å². The summed E-state index contributed by atoms with van der Waals surface area (Å²) in [5, 5.41) is 0.714. The Bertz CT molecular complexity index is 1150. The molecule has 0 spiro atoms. The molecule has 33 heavy (non-hydrogen) atoms. The average molecular weight is 476 g/mol. The molecule has 1 saturated heterocycles. The lowest BCUT2D eigenvalue weighted by Crippen LogP contribution is -2.58. The molecule has 0 saturated carbocycles. The minimum absolute atomic E-state index is 0.0641. The van der Waals surface area contributed by atoms with E-state index < -0.39 is 0 Å². The molecular formula is C29H30ClNOS. The molecule has 1 heterocycles. The topological polar surface area (TPSA) is 20.3 Å². The van der Waals surface area contributed by atoms with Crippen molar-refractivity contribution in [2.24, 2.45) is 5.92 Å². The Labute approximate surface area is 206 Å². The van der Waals surface area contributed by atoms with Gasteiger partial charge in [-0.2, -0.15) is 0 Å². The molecule has 1 unspecified atom stereocenters. The molecule has 1 aliphatic heterocycles. The lowest BCUT2D eigenvalue weighted by atomic mass is 9.59. The van der Waals surface area contributed by atoms with Gasteiger partial charge >= 0.3 is 0 Å². The summed E-state index contributed by atoms with van der Waals surface area (Å²) in [5.74, 6) is 0.585. The lowest BCUT2D eigenvalue weighted by Gasteiger charge is -2.54. The number of benzene rings is 3. The Hall–Kier alpha value is -2.07. The Morgan fingerprint density at radius 3 is 2.61 bits per heavy atom. The van der Waals surface area contributed by atoms with Gasteiger partial charge in [-0.25, -0.2) is 0 Å². The standard InChI is InChI=1S/C29H30ClNOS/c1-20-27-18-23-10-13-25(33-28(32)22-8-11-24(30)12-9-22)19-26(23)29(20,2)15-17-31(27)16-14-21-6-4-3-5-7-21/h3-13,19-20,27H,14-18H2,1-2H3/t20-,27?,29+/m0/s1. The van der Waals surface area contributed by atoms with Crippen molar-refractivity contribution in [3.8, 4) is 0 Å². The van der Waals surface area contributed by atoms with Gasteiger partial charge in [0.15, 0.2) is 0 Å². The highest BCUT2D eigenvalue weighted by Crippen LogP contribution is 2.49. The molecule has 1 fully saturated rings. The third-order valence-corrected chi connectivity index (χ3v) is 9.08. The number of piperidine rings is 1. The maximum atomic E-state index is 12.8. The van der Waals surface area contributed by atoms with Crippen molar-refractivity contribution in [2.75, 3.05) is 13.1 Å². The molecule has 5 rings (SSSR count). The molecule has 3 aromatic rings. The van der Waals surface area contributed by atoms with Gasteiger partial charge in [-0.3, -0.25) is 9.69 Å². The van der Waals surface area contributed by atoms with Crippen LogP contribution in [0.1, 0.15) is 47.3 Å². The number of carbonyl (C=O) groups excluding carboxylic acids is 1. The summed E-state index contributed by atoms with van der Waals surface area (Å²) in [7, 11) is 0. The summed E-state index contributed by atoms with van der Waals surface area (Å²) in [5.41, 5.74) is 5.16. The van der Waals surface area contributed by atoms with Gasteiger partial charge in [0.2, 0.25) is 5.12 Å². The molecule has 2 aliphatic rings. The number of halogens is 1. The first-order chi connectivity index (χ1) is 15.9. The van der Waals surface area contributed by atoms with Crippen LogP contribution in [0, 0.1) is 5.92 Å². The highest BCUT2D eigenvalue weighted by molar-refractivity contribution is 8.14. The number of hydrogen-bond donors (Lipinski definition) is 0. The maximum absolute atomic E-state index is 12.8. The molecule has 0 amide bonds. The van der Waals surface area contributed by atoms with Crippen LogP contribution < -0.4 is 0 Å². The fourth-order valence-electron chi connectivity index (χ4n) is 5.70. The van der Waals surface area contributed by atoms with E-state index in [2.05, 4.69) is 67.3 Å². The predicted octanol–water partition coefficient (Wildman–Crippen LogP) is 7.04. The maximum Gasteiger partial charge on any atom is 0.224 e. The lowest BCUT2D eigenvalue weighted by molar-refractivity contribution is 0.0322. The van der Waals surface area contributed by atoms with Gasteiger partial charge < -0.3 is 0 Å². The number of rotatable bonds is 5. The fourth-order valence-corrected chi connectivity index (χ4v) is 6.60. The summed E-state index contributed by atoms with van der Waals surface area (Å²) in [6, 6.07) is 25.2. The number of carbonyl (C=O) groups is 1. The van der Waals surface area contributed by atoms with Crippen molar-refractivity contribution < 1.29 is 4.79 Å². The molecule has 3 atom stereocenters. The summed E-state index contributed by atoms with van der Waals surface area (Å²) < 4.78 is 0. The Balaban J connectivity index is 1.34. The zero-order valence-corrected chi connectivity index (χ0v) is 20.8. The monoisotopic (exact) mass is 475 g/mol. The van der Waals surface area contributed by atoms with E-state index in [1.54, 1.807) is 24.3 Å². The molecule has 4 heteroatoms. The number of nitrogens with zero attached hydrogens (tertiary/aromatic N) is 1. The van der Waals surface area contributed by atoms with Crippen LogP contribution in [0.2, 0.25) is 5.02 Å². The van der Waals surface area contributed by atoms with E-state index in [4.69, 9.17) is 11.6 Å². The Morgan fingerprint density at radius 2 is 1.85 bits per heavy atom. The second-order valence-electron chi connectivity index (χ2n) is 9.71. The quantitative estimate of drug-likeness (QED) is 0.369. The first kappa shape index (κ1) is 22.7. The predicted molar refractivity (Wildman–Crippen MR) is 138 cm³/mol. The van der Waals surface area contributed by atoms with E-state index in [1.165, 1.54) is 28.5 Å². The Morgan fingerprint density at radius 1 is 1.09 bits per heavy atom. The largest absolute Gasteiger partial charge is 0.299 e. The van der Waals surface area contributed by atoms with Gasteiger partial charge in [-0.15, -0.1) is 0 Å². The van der Waals surface area contributed by atoms with Gasteiger partial charge in [0.05, 0.1) is 0 Å². The van der Waals surface area contributed by atoms with Crippen LogP contribution in [-0.2, 0) is 18.3 Å². The molecule has 0 radical (unpaired) electrons. The number of fused-ring (bicyclic) bond motifs is 4. The van der Waals surface area contributed by atoms with Gasteiger partial charge in [0.25, 0.3) is 0 Å². The second kappa shape index (κ2) is 9.29. The van der Waals surface area contributed by atoms with Crippen LogP contribution in [-0.4, -0.2) is 29.1 Å². The number of likely N-dealkylation sites (tertiary alicyclic amines) is 1. The van der Waals surface area contributed by atoms with Crippen molar-refractivity contribution in [2.45, 2.75) is 49.5 Å². The number of hydrogen-bond acceptors (Lipinski definition) is 3. The summed E-state index contributed by atoms with van der Waals surface area (Å²) in [6.45, 7) is 7.13. The van der Waals surface area contributed by atoms with E-state index in [-0.39, 0.29) is 10.5 Å². The SMILES string of the molecule is C[C@H]1C2Cc3ccc(SC(=O)c4ccc(Cl)cc4)cc3[C@]1(C)CCN2CCc1ccccc1. The Kier molecular flexibility index (Phi) is 6.39. The van der Waals surface area contributed by atoms with Crippen molar-refractivity contribution in [1.82, 2.24) is 4.90 Å². The summed E-state index contributed by atoms with van der Waals surface area (Å²) in [4.78, 5) is 16.5. The first-order valence-electron chi connectivity index (χ1n) is 11.8. The van der Waals surface area contributed by atoms with Gasteiger partial charge in [-0.05, 0) is 102 Å².